The Kier molecular flexibility index (Phi) is 4.37. The predicted molar refractivity (Wildman–Crippen MR) is 78.6 cm³/mol. The van der Waals surface area contributed by atoms with E-state index in [1.165, 1.54) is 0 Å². The van der Waals surface area contributed by atoms with Gasteiger partial charge >= 0.3 is 5.97 Å². The zero-order chi connectivity index (χ0) is 14.4. The number of carboxylic acid groups (broad SMARTS) is 1. The van der Waals surface area contributed by atoms with Gasteiger partial charge in [-0.25, -0.2) is 4.79 Å². The molecule has 0 radical (unpaired) electrons. The van der Waals surface area contributed by atoms with Crippen LogP contribution in [0.3, 0.4) is 0 Å². The van der Waals surface area contributed by atoms with Gasteiger partial charge in [-0.3, -0.25) is 0 Å². The molecule has 0 aromatic heterocycles. The molecule has 5 nitrogen and oxygen atoms in total. The van der Waals surface area contributed by atoms with E-state index in [2.05, 4.69) is 10.0 Å². The first-order chi connectivity index (χ1) is 9.70. The molecule has 5 heteroatoms. The maximum Gasteiger partial charge on any atom is 0.335 e. The molecule has 0 spiro atoms. The van der Waals surface area contributed by atoms with Crippen LogP contribution in [0.15, 0.2) is 47.6 Å². The Bertz CT molecular complexity index is 716. The van der Waals surface area contributed by atoms with Crippen LogP contribution < -0.4 is 0 Å². The molecule has 2 aromatic carbocycles. The molecular formula is C15H13N3O2. The monoisotopic (exact) mass is 267 g/mol. The van der Waals surface area contributed by atoms with Crippen molar-refractivity contribution in [3.8, 4) is 0 Å². The Hall–Kier alpha value is -2.78. The number of nitrogens with zero attached hydrogens (tertiary/aromatic N) is 3. The van der Waals surface area contributed by atoms with Gasteiger partial charge in [-0.1, -0.05) is 35.5 Å². The molecule has 2 aromatic rings. The summed E-state index contributed by atoms with van der Waals surface area (Å²) in [6, 6.07) is 10.9. The molecule has 100 valence electrons. The van der Waals surface area contributed by atoms with Crippen molar-refractivity contribution in [3.63, 3.8) is 0 Å². The van der Waals surface area contributed by atoms with Gasteiger partial charge in [0.1, 0.15) is 0 Å². The smallest absolute Gasteiger partial charge is 0.335 e. The molecule has 0 aliphatic heterocycles. The highest BCUT2D eigenvalue weighted by atomic mass is 16.4. The van der Waals surface area contributed by atoms with Crippen LogP contribution in [0.1, 0.15) is 22.3 Å². The maximum absolute atomic E-state index is 10.9. The Morgan fingerprint density at radius 2 is 2.00 bits per heavy atom. The third-order valence-corrected chi connectivity index (χ3v) is 2.88. The molecule has 0 fully saturated rings. The van der Waals surface area contributed by atoms with Crippen LogP contribution >= 0.6 is 0 Å². The summed E-state index contributed by atoms with van der Waals surface area (Å²) in [7, 11) is 0. The molecule has 0 saturated heterocycles. The lowest BCUT2D eigenvalue weighted by Gasteiger charge is -2.01. The second kappa shape index (κ2) is 6.41. The van der Waals surface area contributed by atoms with Gasteiger partial charge in [0.15, 0.2) is 0 Å². The van der Waals surface area contributed by atoms with Gasteiger partial charge in [-0.2, -0.15) is 0 Å². The van der Waals surface area contributed by atoms with E-state index >= 15 is 0 Å². The molecular weight excluding hydrogens is 254 g/mol. The first-order valence-electron chi connectivity index (χ1n) is 6.15. The molecule has 0 unspecified atom stereocenters. The van der Waals surface area contributed by atoms with Gasteiger partial charge < -0.3 is 5.11 Å². The highest BCUT2D eigenvalue weighted by Gasteiger charge is 2.03. The van der Waals surface area contributed by atoms with Crippen molar-refractivity contribution in [2.75, 3.05) is 6.54 Å². The lowest BCUT2D eigenvalue weighted by Crippen LogP contribution is -1.95. The minimum Gasteiger partial charge on any atom is -0.478 e. The topological polar surface area (TPSA) is 86.1 Å². The van der Waals surface area contributed by atoms with Crippen molar-refractivity contribution in [1.82, 2.24) is 0 Å². The van der Waals surface area contributed by atoms with Crippen molar-refractivity contribution >= 4 is 22.8 Å². The van der Waals surface area contributed by atoms with Crippen LogP contribution in [0, 0.1) is 0 Å². The van der Waals surface area contributed by atoms with Crippen molar-refractivity contribution in [3.05, 3.63) is 64.0 Å². The highest BCUT2D eigenvalue weighted by Crippen LogP contribution is 2.19. The fraction of sp³-hybridized carbons (Fsp3) is 0.133. The van der Waals surface area contributed by atoms with Crippen LogP contribution in [-0.4, -0.2) is 17.6 Å². The molecule has 0 saturated carbocycles. The largest absolute Gasteiger partial charge is 0.478 e. The Morgan fingerprint density at radius 3 is 2.75 bits per heavy atom. The fourth-order valence-electron chi connectivity index (χ4n) is 1.90. The van der Waals surface area contributed by atoms with Gasteiger partial charge in [-0.15, -0.1) is 0 Å². The van der Waals surface area contributed by atoms with Crippen LogP contribution in [0.5, 0.6) is 0 Å². The minimum absolute atomic E-state index is 0.287. The van der Waals surface area contributed by atoms with Gasteiger partial charge in [0, 0.05) is 11.5 Å². The minimum atomic E-state index is -0.922. The summed E-state index contributed by atoms with van der Waals surface area (Å²) in [6.45, 7) is 0.447. The number of carbonyl (C=O) groups is 1. The summed E-state index contributed by atoms with van der Waals surface area (Å²) in [5, 5.41) is 14.3. The molecule has 2 rings (SSSR count). The number of azide groups is 1. The third kappa shape index (κ3) is 3.37. The molecule has 0 heterocycles. The van der Waals surface area contributed by atoms with Crippen molar-refractivity contribution in [2.24, 2.45) is 5.11 Å². The van der Waals surface area contributed by atoms with Gasteiger partial charge in [0.05, 0.1) is 5.56 Å². The van der Waals surface area contributed by atoms with Gasteiger partial charge in [0.2, 0.25) is 0 Å². The first-order valence-corrected chi connectivity index (χ1v) is 6.15. The highest BCUT2D eigenvalue weighted by molar-refractivity contribution is 5.94. The van der Waals surface area contributed by atoms with Crippen molar-refractivity contribution in [2.45, 2.75) is 6.42 Å². The van der Waals surface area contributed by atoms with Crippen LogP contribution in [0.2, 0.25) is 0 Å². The van der Waals surface area contributed by atoms with E-state index in [1.807, 2.05) is 30.4 Å². The van der Waals surface area contributed by atoms with Crippen molar-refractivity contribution < 1.29 is 9.90 Å². The second-order valence-corrected chi connectivity index (χ2v) is 4.27. The fourth-order valence-corrected chi connectivity index (χ4v) is 1.90. The average molecular weight is 267 g/mol. The Labute approximate surface area is 115 Å². The summed E-state index contributed by atoms with van der Waals surface area (Å²) < 4.78 is 0. The molecule has 0 aliphatic carbocycles. The lowest BCUT2D eigenvalue weighted by molar-refractivity contribution is 0.0697. The number of aromatic carboxylic acids is 1. The normalized spacial score (nSPS) is 10.6. The van der Waals surface area contributed by atoms with Crippen LogP contribution in [-0.2, 0) is 0 Å². The van der Waals surface area contributed by atoms with Crippen molar-refractivity contribution in [1.29, 1.82) is 0 Å². The van der Waals surface area contributed by atoms with E-state index in [-0.39, 0.29) is 5.56 Å². The Balaban J connectivity index is 2.19. The number of hydrogen-bond donors (Lipinski definition) is 1. The number of carboxylic acids is 1. The first kappa shape index (κ1) is 13.6. The molecule has 20 heavy (non-hydrogen) atoms. The van der Waals surface area contributed by atoms with Crippen LogP contribution in [0.4, 0.5) is 0 Å². The summed E-state index contributed by atoms with van der Waals surface area (Å²) in [6.07, 6.45) is 4.60. The Morgan fingerprint density at radius 1 is 1.25 bits per heavy atom. The quantitative estimate of drug-likeness (QED) is 0.380. The molecule has 0 bridgehead atoms. The zero-order valence-corrected chi connectivity index (χ0v) is 10.7. The SMILES string of the molecule is [N-]=[N+]=NCCC=Cc1ccc2cc(C(=O)O)ccc2c1. The van der Waals surface area contributed by atoms with Crippen LogP contribution in [0.25, 0.3) is 27.3 Å². The van der Waals surface area contributed by atoms with Gasteiger partial charge in [0.25, 0.3) is 0 Å². The van der Waals surface area contributed by atoms with E-state index in [9.17, 15) is 4.79 Å². The summed E-state index contributed by atoms with van der Waals surface area (Å²) in [4.78, 5) is 13.6. The molecule has 1 N–H and O–H groups in total. The molecule has 0 atom stereocenters. The van der Waals surface area contributed by atoms with E-state index in [0.717, 1.165) is 16.3 Å². The van der Waals surface area contributed by atoms with E-state index < -0.39 is 5.97 Å². The van der Waals surface area contributed by atoms with E-state index in [0.29, 0.717) is 13.0 Å². The third-order valence-electron chi connectivity index (χ3n) is 2.88. The number of fused-ring (bicyclic) bond motifs is 1. The van der Waals surface area contributed by atoms with Gasteiger partial charge in [-0.05, 0) is 46.5 Å². The summed E-state index contributed by atoms with van der Waals surface area (Å²) in [5.41, 5.74) is 9.47. The second-order valence-electron chi connectivity index (χ2n) is 4.27. The standard InChI is InChI=1S/C15H13N3O2/c16-18-17-8-2-1-3-11-4-5-13-10-14(15(19)20)7-6-12(13)9-11/h1,3-7,9-10H,2,8H2,(H,19,20). The predicted octanol–water partition coefficient (Wildman–Crippen LogP) is 4.25. The lowest BCUT2D eigenvalue weighted by atomic mass is 10.0. The number of benzene rings is 2. The number of hydrogen-bond acceptors (Lipinski definition) is 2. The summed E-state index contributed by atoms with van der Waals surface area (Å²) >= 11 is 0. The summed E-state index contributed by atoms with van der Waals surface area (Å²) in [5.74, 6) is -0.922. The number of rotatable bonds is 5. The maximum atomic E-state index is 10.9. The molecule has 0 aliphatic rings. The average Bonchev–Trinajstić information content (AvgIpc) is 2.46. The van der Waals surface area contributed by atoms with E-state index in [1.54, 1.807) is 18.2 Å². The van der Waals surface area contributed by atoms with E-state index in [4.69, 9.17) is 10.6 Å². The molecule has 0 amide bonds. The zero-order valence-electron chi connectivity index (χ0n) is 10.7.